The normalized spacial score (nSPS) is 10.6. The molecule has 0 saturated heterocycles. The van der Waals surface area contributed by atoms with E-state index in [1.54, 1.807) is 6.07 Å². The van der Waals surface area contributed by atoms with E-state index in [0.29, 0.717) is 24.7 Å². The molecule has 0 radical (unpaired) electrons. The van der Waals surface area contributed by atoms with Gasteiger partial charge < -0.3 is 14.8 Å². The molecular formula is C23H23BrFNO2. The van der Waals surface area contributed by atoms with Crippen molar-refractivity contribution in [1.82, 2.24) is 0 Å². The maximum atomic E-state index is 13.4. The molecule has 0 amide bonds. The topological polar surface area (TPSA) is 30.5 Å². The third-order valence-electron chi connectivity index (χ3n) is 4.16. The Bertz CT molecular complexity index is 946. The highest BCUT2D eigenvalue weighted by Crippen LogP contribution is 2.37. The molecule has 0 atom stereocenters. The average Bonchev–Trinajstić information content (AvgIpc) is 2.66. The average molecular weight is 444 g/mol. The first-order valence-electron chi connectivity index (χ1n) is 9.18. The standard InChI is InChI=1S/C23H23BrFNO2/c1-3-27-22-13-18(14-26-20-9-4-6-16(2)10-20)12-21(24)23(22)28-15-17-7-5-8-19(25)11-17/h4-13,26H,3,14-15H2,1-2H3. The van der Waals surface area contributed by atoms with Gasteiger partial charge in [-0.05, 0) is 82.9 Å². The van der Waals surface area contributed by atoms with Crippen LogP contribution in [0.1, 0.15) is 23.6 Å². The molecule has 3 aromatic carbocycles. The van der Waals surface area contributed by atoms with Gasteiger partial charge in [-0.15, -0.1) is 0 Å². The van der Waals surface area contributed by atoms with Crippen LogP contribution in [0.5, 0.6) is 11.5 Å². The van der Waals surface area contributed by atoms with Crippen LogP contribution in [0.4, 0.5) is 10.1 Å². The Morgan fingerprint density at radius 2 is 1.79 bits per heavy atom. The Morgan fingerprint density at radius 3 is 2.54 bits per heavy atom. The lowest BCUT2D eigenvalue weighted by Gasteiger charge is -2.16. The van der Waals surface area contributed by atoms with Crippen LogP contribution in [-0.4, -0.2) is 6.61 Å². The van der Waals surface area contributed by atoms with Crippen LogP contribution in [0.3, 0.4) is 0 Å². The van der Waals surface area contributed by atoms with Gasteiger partial charge in [0.1, 0.15) is 12.4 Å². The lowest BCUT2D eigenvalue weighted by atomic mass is 10.1. The molecule has 0 aliphatic heterocycles. The van der Waals surface area contributed by atoms with E-state index in [1.165, 1.54) is 17.7 Å². The Morgan fingerprint density at radius 1 is 0.964 bits per heavy atom. The largest absolute Gasteiger partial charge is 0.490 e. The molecule has 3 aromatic rings. The fraction of sp³-hybridized carbons (Fsp3) is 0.217. The van der Waals surface area contributed by atoms with Crippen molar-refractivity contribution in [2.45, 2.75) is 27.0 Å². The van der Waals surface area contributed by atoms with Crippen molar-refractivity contribution in [2.75, 3.05) is 11.9 Å². The summed E-state index contributed by atoms with van der Waals surface area (Å²) < 4.78 is 25.9. The van der Waals surface area contributed by atoms with Gasteiger partial charge in [0, 0.05) is 12.2 Å². The number of ether oxygens (including phenoxy) is 2. The number of aryl methyl sites for hydroxylation is 1. The van der Waals surface area contributed by atoms with Gasteiger partial charge in [0.25, 0.3) is 0 Å². The number of benzene rings is 3. The van der Waals surface area contributed by atoms with E-state index in [1.807, 2.05) is 37.3 Å². The number of rotatable bonds is 8. The van der Waals surface area contributed by atoms with Crippen LogP contribution in [-0.2, 0) is 13.2 Å². The van der Waals surface area contributed by atoms with Crippen molar-refractivity contribution in [3.8, 4) is 11.5 Å². The monoisotopic (exact) mass is 443 g/mol. The predicted octanol–water partition coefficient (Wildman–Crippen LogP) is 6.49. The Balaban J connectivity index is 1.75. The zero-order chi connectivity index (χ0) is 19.9. The van der Waals surface area contributed by atoms with Gasteiger partial charge >= 0.3 is 0 Å². The minimum atomic E-state index is -0.275. The number of halogens is 2. The second-order valence-corrected chi connectivity index (χ2v) is 7.33. The summed E-state index contributed by atoms with van der Waals surface area (Å²) >= 11 is 3.59. The van der Waals surface area contributed by atoms with Crippen molar-refractivity contribution in [2.24, 2.45) is 0 Å². The van der Waals surface area contributed by atoms with E-state index in [9.17, 15) is 4.39 Å². The molecule has 5 heteroatoms. The fourth-order valence-corrected chi connectivity index (χ4v) is 3.47. The minimum Gasteiger partial charge on any atom is -0.490 e. The lowest BCUT2D eigenvalue weighted by molar-refractivity contribution is 0.267. The predicted molar refractivity (Wildman–Crippen MR) is 115 cm³/mol. The maximum Gasteiger partial charge on any atom is 0.175 e. The van der Waals surface area contributed by atoms with Crippen LogP contribution in [0.15, 0.2) is 65.1 Å². The van der Waals surface area contributed by atoms with Gasteiger partial charge in [0.2, 0.25) is 0 Å². The zero-order valence-corrected chi connectivity index (χ0v) is 17.6. The van der Waals surface area contributed by atoms with Crippen LogP contribution in [0, 0.1) is 12.7 Å². The highest BCUT2D eigenvalue weighted by atomic mass is 79.9. The van der Waals surface area contributed by atoms with Crippen molar-refractivity contribution >= 4 is 21.6 Å². The Labute approximate surface area is 173 Å². The number of hydrogen-bond acceptors (Lipinski definition) is 3. The smallest absolute Gasteiger partial charge is 0.175 e. The Hall–Kier alpha value is -2.53. The number of hydrogen-bond donors (Lipinski definition) is 1. The summed E-state index contributed by atoms with van der Waals surface area (Å²) in [5.74, 6) is 1.00. The van der Waals surface area contributed by atoms with Gasteiger partial charge in [-0.25, -0.2) is 4.39 Å². The highest BCUT2D eigenvalue weighted by molar-refractivity contribution is 9.10. The first-order valence-corrected chi connectivity index (χ1v) is 9.97. The van der Waals surface area contributed by atoms with Gasteiger partial charge in [-0.1, -0.05) is 24.3 Å². The summed E-state index contributed by atoms with van der Waals surface area (Å²) in [5.41, 5.74) is 4.11. The van der Waals surface area contributed by atoms with E-state index >= 15 is 0 Å². The van der Waals surface area contributed by atoms with E-state index in [2.05, 4.69) is 40.3 Å². The number of anilines is 1. The summed E-state index contributed by atoms with van der Waals surface area (Å²) in [4.78, 5) is 0. The fourth-order valence-electron chi connectivity index (χ4n) is 2.87. The van der Waals surface area contributed by atoms with Crippen LogP contribution >= 0.6 is 15.9 Å². The van der Waals surface area contributed by atoms with E-state index in [0.717, 1.165) is 21.3 Å². The first-order chi connectivity index (χ1) is 13.5. The van der Waals surface area contributed by atoms with Gasteiger partial charge in [-0.3, -0.25) is 0 Å². The van der Waals surface area contributed by atoms with Gasteiger partial charge in [0.05, 0.1) is 11.1 Å². The second kappa shape index (κ2) is 9.60. The molecule has 3 nitrogen and oxygen atoms in total. The molecule has 0 unspecified atom stereocenters. The van der Waals surface area contributed by atoms with E-state index in [-0.39, 0.29) is 12.4 Å². The van der Waals surface area contributed by atoms with E-state index < -0.39 is 0 Å². The molecule has 0 aromatic heterocycles. The van der Waals surface area contributed by atoms with Crippen molar-refractivity contribution < 1.29 is 13.9 Å². The van der Waals surface area contributed by atoms with Gasteiger partial charge in [-0.2, -0.15) is 0 Å². The molecule has 0 saturated carbocycles. The Kier molecular flexibility index (Phi) is 6.93. The summed E-state index contributed by atoms with van der Waals surface area (Å²) in [6.07, 6.45) is 0. The zero-order valence-electron chi connectivity index (χ0n) is 16.0. The maximum absolute atomic E-state index is 13.4. The molecule has 0 aliphatic rings. The lowest BCUT2D eigenvalue weighted by Crippen LogP contribution is -2.04. The molecule has 28 heavy (non-hydrogen) atoms. The SMILES string of the molecule is CCOc1cc(CNc2cccc(C)c2)cc(Br)c1OCc1cccc(F)c1. The molecule has 0 aliphatic carbocycles. The summed E-state index contributed by atoms with van der Waals surface area (Å²) in [6, 6.07) is 18.6. The van der Waals surface area contributed by atoms with Crippen LogP contribution in [0.2, 0.25) is 0 Å². The molecule has 146 valence electrons. The van der Waals surface area contributed by atoms with E-state index in [4.69, 9.17) is 9.47 Å². The quantitative estimate of drug-likeness (QED) is 0.431. The molecular weight excluding hydrogens is 421 g/mol. The molecule has 0 heterocycles. The second-order valence-electron chi connectivity index (χ2n) is 6.48. The molecule has 0 fully saturated rings. The third kappa shape index (κ3) is 5.49. The van der Waals surface area contributed by atoms with Crippen LogP contribution < -0.4 is 14.8 Å². The number of nitrogens with one attached hydrogen (secondary N) is 1. The van der Waals surface area contributed by atoms with Crippen molar-refractivity contribution in [1.29, 1.82) is 0 Å². The summed E-state index contributed by atoms with van der Waals surface area (Å²) in [6.45, 7) is 5.45. The minimum absolute atomic E-state index is 0.261. The molecule has 0 spiro atoms. The van der Waals surface area contributed by atoms with Crippen molar-refractivity contribution in [3.05, 3.63) is 87.6 Å². The summed E-state index contributed by atoms with van der Waals surface area (Å²) in [5, 5.41) is 3.42. The third-order valence-corrected chi connectivity index (χ3v) is 4.75. The van der Waals surface area contributed by atoms with Crippen molar-refractivity contribution in [3.63, 3.8) is 0 Å². The van der Waals surface area contributed by atoms with Crippen LogP contribution in [0.25, 0.3) is 0 Å². The highest BCUT2D eigenvalue weighted by Gasteiger charge is 2.13. The summed E-state index contributed by atoms with van der Waals surface area (Å²) in [7, 11) is 0. The molecule has 3 rings (SSSR count). The molecule has 0 bridgehead atoms. The molecule has 1 N–H and O–H groups in total. The first kappa shape index (κ1) is 20.2. The van der Waals surface area contributed by atoms with Gasteiger partial charge in [0.15, 0.2) is 11.5 Å².